The Labute approximate surface area is 116 Å². The summed E-state index contributed by atoms with van der Waals surface area (Å²) in [7, 11) is 1.65. The van der Waals surface area contributed by atoms with Crippen LogP contribution in [0.4, 0.5) is 5.69 Å². The molecule has 0 aliphatic rings. The largest absolute Gasteiger partial charge is 0.494 e. The van der Waals surface area contributed by atoms with Gasteiger partial charge in [0.25, 0.3) is 0 Å². The minimum Gasteiger partial charge on any atom is -0.494 e. The highest BCUT2D eigenvalue weighted by Gasteiger charge is 2.17. The molecule has 0 fully saturated rings. The quantitative estimate of drug-likeness (QED) is 0.871. The van der Waals surface area contributed by atoms with Crippen LogP contribution in [0, 0.1) is 5.41 Å². The Morgan fingerprint density at radius 1 is 1.32 bits per heavy atom. The van der Waals surface area contributed by atoms with Crippen LogP contribution in [-0.2, 0) is 11.2 Å². The number of aryl methyl sites for hydroxylation is 1. The van der Waals surface area contributed by atoms with Gasteiger partial charge in [0, 0.05) is 6.42 Å². The lowest BCUT2D eigenvalue weighted by atomic mass is 9.92. The molecule has 1 aromatic rings. The van der Waals surface area contributed by atoms with Gasteiger partial charge < -0.3 is 10.1 Å². The first-order valence-electron chi connectivity index (χ1n) is 6.83. The van der Waals surface area contributed by atoms with Gasteiger partial charge in [-0.25, -0.2) is 0 Å². The molecule has 19 heavy (non-hydrogen) atoms. The summed E-state index contributed by atoms with van der Waals surface area (Å²) >= 11 is 0. The van der Waals surface area contributed by atoms with Gasteiger partial charge in [0.05, 0.1) is 12.8 Å². The normalized spacial score (nSPS) is 11.2. The molecule has 0 aliphatic carbocycles. The molecule has 0 bridgehead atoms. The molecule has 1 N–H and O–H groups in total. The van der Waals surface area contributed by atoms with E-state index < -0.39 is 0 Å². The SMILES string of the molecule is CCCc1cccc(NC(=O)CC(C)(C)C)c1OC. The first-order valence-corrected chi connectivity index (χ1v) is 6.83. The van der Waals surface area contributed by atoms with Crippen molar-refractivity contribution in [3.05, 3.63) is 23.8 Å². The third-order valence-electron chi connectivity index (χ3n) is 2.79. The zero-order valence-electron chi connectivity index (χ0n) is 12.7. The lowest BCUT2D eigenvalue weighted by Gasteiger charge is -2.19. The zero-order chi connectivity index (χ0) is 14.5. The van der Waals surface area contributed by atoms with Crippen LogP contribution in [0.15, 0.2) is 18.2 Å². The number of anilines is 1. The average Bonchev–Trinajstić information content (AvgIpc) is 2.27. The second kappa shape index (κ2) is 6.60. The summed E-state index contributed by atoms with van der Waals surface area (Å²) in [6.45, 7) is 8.29. The number of carbonyl (C=O) groups excluding carboxylic acids is 1. The summed E-state index contributed by atoms with van der Waals surface area (Å²) in [5.41, 5.74) is 1.89. The smallest absolute Gasteiger partial charge is 0.224 e. The number of hydrogen-bond donors (Lipinski definition) is 1. The minimum absolute atomic E-state index is 0.0155. The molecule has 0 aromatic heterocycles. The van der Waals surface area contributed by atoms with Crippen LogP contribution >= 0.6 is 0 Å². The van der Waals surface area contributed by atoms with Crippen LogP contribution in [0.25, 0.3) is 0 Å². The highest BCUT2D eigenvalue weighted by Crippen LogP contribution is 2.30. The van der Waals surface area contributed by atoms with Crippen molar-refractivity contribution in [3.8, 4) is 5.75 Å². The van der Waals surface area contributed by atoms with Gasteiger partial charge in [-0.2, -0.15) is 0 Å². The monoisotopic (exact) mass is 263 g/mol. The fourth-order valence-corrected chi connectivity index (χ4v) is 2.07. The van der Waals surface area contributed by atoms with E-state index in [-0.39, 0.29) is 11.3 Å². The molecule has 3 nitrogen and oxygen atoms in total. The lowest BCUT2D eigenvalue weighted by Crippen LogP contribution is -2.20. The summed E-state index contributed by atoms with van der Waals surface area (Å²) in [6.07, 6.45) is 2.50. The van der Waals surface area contributed by atoms with Crippen molar-refractivity contribution < 1.29 is 9.53 Å². The molecule has 1 rings (SSSR count). The second-order valence-corrected chi connectivity index (χ2v) is 6.03. The van der Waals surface area contributed by atoms with Gasteiger partial charge >= 0.3 is 0 Å². The molecule has 0 aliphatic heterocycles. The number of benzene rings is 1. The van der Waals surface area contributed by atoms with Crippen LogP contribution in [-0.4, -0.2) is 13.0 Å². The molecule has 0 radical (unpaired) electrons. The minimum atomic E-state index is -0.0155. The van der Waals surface area contributed by atoms with E-state index in [9.17, 15) is 4.79 Å². The van der Waals surface area contributed by atoms with Crippen LogP contribution in [0.5, 0.6) is 5.75 Å². The third kappa shape index (κ3) is 4.93. The summed E-state index contributed by atoms with van der Waals surface area (Å²) in [5.74, 6) is 0.811. The van der Waals surface area contributed by atoms with Crippen molar-refractivity contribution in [1.29, 1.82) is 0 Å². The van der Waals surface area contributed by atoms with Crippen molar-refractivity contribution in [2.75, 3.05) is 12.4 Å². The van der Waals surface area contributed by atoms with Crippen molar-refractivity contribution in [2.45, 2.75) is 47.0 Å². The van der Waals surface area contributed by atoms with Crippen LogP contribution < -0.4 is 10.1 Å². The van der Waals surface area contributed by atoms with Gasteiger partial charge in [0.1, 0.15) is 5.75 Å². The molecule has 3 heteroatoms. The molecule has 1 amide bonds. The van der Waals surface area contributed by atoms with E-state index in [4.69, 9.17) is 4.74 Å². The van der Waals surface area contributed by atoms with Crippen molar-refractivity contribution in [3.63, 3.8) is 0 Å². The second-order valence-electron chi connectivity index (χ2n) is 6.03. The first kappa shape index (κ1) is 15.5. The van der Waals surface area contributed by atoms with E-state index in [0.29, 0.717) is 6.42 Å². The summed E-state index contributed by atoms with van der Waals surface area (Å²) in [6, 6.07) is 5.89. The zero-order valence-corrected chi connectivity index (χ0v) is 12.7. The Morgan fingerprint density at radius 2 is 2.00 bits per heavy atom. The van der Waals surface area contributed by atoms with E-state index in [1.807, 2.05) is 18.2 Å². The van der Waals surface area contributed by atoms with Crippen LogP contribution in [0.3, 0.4) is 0 Å². The molecule has 0 atom stereocenters. The fraction of sp³-hybridized carbons (Fsp3) is 0.562. The Morgan fingerprint density at radius 3 is 2.53 bits per heavy atom. The number of rotatable bonds is 5. The summed E-state index contributed by atoms with van der Waals surface area (Å²) in [4.78, 5) is 12.0. The van der Waals surface area contributed by atoms with E-state index in [1.54, 1.807) is 7.11 Å². The highest BCUT2D eigenvalue weighted by molar-refractivity contribution is 5.92. The third-order valence-corrected chi connectivity index (χ3v) is 2.79. The molecule has 0 saturated heterocycles. The predicted octanol–water partition coefficient (Wildman–Crippen LogP) is 4.02. The maximum Gasteiger partial charge on any atom is 0.224 e. The molecule has 0 spiro atoms. The predicted molar refractivity (Wildman–Crippen MR) is 79.7 cm³/mol. The van der Waals surface area contributed by atoms with Crippen LogP contribution in [0.1, 0.15) is 46.1 Å². The van der Waals surface area contributed by atoms with Crippen molar-refractivity contribution in [1.82, 2.24) is 0 Å². The average molecular weight is 263 g/mol. The van der Waals surface area contributed by atoms with Crippen molar-refractivity contribution >= 4 is 11.6 Å². The molecular weight excluding hydrogens is 238 g/mol. The molecule has 0 heterocycles. The van der Waals surface area contributed by atoms with E-state index in [1.165, 1.54) is 0 Å². The molecule has 0 saturated carbocycles. The maximum atomic E-state index is 12.0. The van der Waals surface area contributed by atoms with Gasteiger partial charge in [0.2, 0.25) is 5.91 Å². The number of methoxy groups -OCH3 is 1. The Hall–Kier alpha value is -1.51. The number of carbonyl (C=O) groups is 1. The maximum absolute atomic E-state index is 12.0. The van der Waals surface area contributed by atoms with Gasteiger partial charge in [-0.3, -0.25) is 4.79 Å². The van der Waals surface area contributed by atoms with Gasteiger partial charge in [-0.05, 0) is 23.5 Å². The molecule has 106 valence electrons. The highest BCUT2D eigenvalue weighted by atomic mass is 16.5. The number of amides is 1. The first-order chi connectivity index (χ1) is 8.87. The van der Waals surface area contributed by atoms with E-state index in [0.717, 1.165) is 29.8 Å². The van der Waals surface area contributed by atoms with Crippen molar-refractivity contribution in [2.24, 2.45) is 5.41 Å². The molecular formula is C16H25NO2. The van der Waals surface area contributed by atoms with Gasteiger partial charge in [-0.15, -0.1) is 0 Å². The lowest BCUT2D eigenvalue weighted by molar-refractivity contribution is -0.117. The van der Waals surface area contributed by atoms with Gasteiger partial charge in [-0.1, -0.05) is 46.2 Å². The fourth-order valence-electron chi connectivity index (χ4n) is 2.07. The Kier molecular flexibility index (Phi) is 5.40. The van der Waals surface area contributed by atoms with E-state index >= 15 is 0 Å². The van der Waals surface area contributed by atoms with Crippen LogP contribution in [0.2, 0.25) is 0 Å². The van der Waals surface area contributed by atoms with E-state index in [2.05, 4.69) is 33.0 Å². The Bertz CT molecular complexity index is 433. The Balaban J connectivity index is 2.88. The number of ether oxygens (including phenoxy) is 1. The topological polar surface area (TPSA) is 38.3 Å². The number of para-hydroxylation sites is 1. The molecule has 0 unspecified atom stereocenters. The standard InChI is InChI=1S/C16H25NO2/c1-6-8-12-9-7-10-13(15(12)19-5)17-14(18)11-16(2,3)4/h7,9-10H,6,8,11H2,1-5H3,(H,17,18). The van der Waals surface area contributed by atoms with Gasteiger partial charge in [0.15, 0.2) is 0 Å². The molecule has 1 aromatic carbocycles. The number of nitrogens with one attached hydrogen (secondary N) is 1. The summed E-state index contributed by atoms with van der Waals surface area (Å²) in [5, 5.41) is 2.95. The number of hydrogen-bond acceptors (Lipinski definition) is 2. The summed E-state index contributed by atoms with van der Waals surface area (Å²) < 4.78 is 5.45.